The number of aromatic nitrogens is 1. The zero-order valence-corrected chi connectivity index (χ0v) is 9.56. The van der Waals surface area contributed by atoms with Gasteiger partial charge in [0.25, 0.3) is 0 Å². The molecule has 0 aromatic carbocycles. The minimum Gasteiger partial charge on any atom is -0.242 e. The van der Waals surface area contributed by atoms with Crippen molar-refractivity contribution in [2.45, 2.75) is 25.7 Å². The molecule has 3 heteroatoms. The van der Waals surface area contributed by atoms with Gasteiger partial charge >= 0.3 is 0 Å². The van der Waals surface area contributed by atoms with Crippen molar-refractivity contribution in [3.63, 3.8) is 0 Å². The van der Waals surface area contributed by atoms with Crippen LogP contribution in [-0.4, -0.2) is 10.7 Å². The number of hydrogen-bond acceptors (Lipinski definition) is 3. The van der Waals surface area contributed by atoms with Crippen LogP contribution in [0.25, 0.3) is 0 Å². The van der Waals surface area contributed by atoms with Crippen molar-refractivity contribution in [3.8, 4) is 6.07 Å². The molecule has 14 heavy (non-hydrogen) atoms. The number of nitrogens with zero attached hydrogens (tertiary/aromatic N) is 2. The monoisotopic (exact) mass is 206 g/mol. The van der Waals surface area contributed by atoms with Crippen LogP contribution in [0.3, 0.4) is 0 Å². The van der Waals surface area contributed by atoms with Gasteiger partial charge in [-0.15, -0.1) is 11.8 Å². The molecule has 74 valence electrons. The van der Waals surface area contributed by atoms with Gasteiger partial charge in [0, 0.05) is 16.3 Å². The summed E-state index contributed by atoms with van der Waals surface area (Å²) in [5, 5.41) is 8.74. The first-order valence-electron chi connectivity index (χ1n) is 4.63. The molecule has 1 aromatic heterocycles. The van der Waals surface area contributed by atoms with Crippen molar-refractivity contribution < 1.29 is 0 Å². The number of thioether (sulfide) groups is 1. The highest BCUT2D eigenvalue weighted by molar-refractivity contribution is 7.99. The van der Waals surface area contributed by atoms with Crippen LogP contribution in [0.5, 0.6) is 0 Å². The summed E-state index contributed by atoms with van der Waals surface area (Å²) in [7, 11) is 0. The Kier molecular flexibility index (Phi) is 3.97. The second-order valence-electron chi connectivity index (χ2n) is 3.65. The minimum atomic E-state index is 0.510. The normalized spacial score (nSPS) is 10.2. The first-order valence-corrected chi connectivity index (χ1v) is 5.62. The maximum absolute atomic E-state index is 8.74. The molecule has 1 rings (SSSR count). The van der Waals surface area contributed by atoms with E-state index in [0.717, 1.165) is 16.3 Å². The highest BCUT2D eigenvalue weighted by Gasteiger charge is 2.01. The fourth-order valence-corrected chi connectivity index (χ4v) is 2.01. The smallest absolute Gasteiger partial charge is 0.141 e. The molecule has 0 fully saturated rings. The van der Waals surface area contributed by atoms with Gasteiger partial charge in [0.2, 0.25) is 0 Å². The predicted molar refractivity (Wildman–Crippen MR) is 59.3 cm³/mol. The van der Waals surface area contributed by atoms with Crippen LogP contribution in [0.15, 0.2) is 17.0 Å². The Morgan fingerprint density at radius 2 is 2.21 bits per heavy atom. The third-order valence-electron chi connectivity index (χ3n) is 1.62. The molecule has 0 atom stereocenters. The van der Waals surface area contributed by atoms with Crippen molar-refractivity contribution in [2.75, 3.05) is 5.75 Å². The molecule has 1 heterocycles. The summed E-state index contributed by atoms with van der Waals surface area (Å²) in [5.41, 5.74) is 1.42. The lowest BCUT2D eigenvalue weighted by atomic mass is 10.3. The van der Waals surface area contributed by atoms with E-state index in [0.29, 0.717) is 11.6 Å². The second-order valence-corrected chi connectivity index (χ2v) is 4.74. The van der Waals surface area contributed by atoms with Crippen molar-refractivity contribution >= 4 is 11.8 Å². The number of rotatable bonds is 3. The summed E-state index contributed by atoms with van der Waals surface area (Å²) < 4.78 is 0. The second kappa shape index (κ2) is 5.02. The van der Waals surface area contributed by atoms with Gasteiger partial charge in [-0.2, -0.15) is 5.26 Å². The average Bonchev–Trinajstić information content (AvgIpc) is 2.14. The highest BCUT2D eigenvalue weighted by Crippen LogP contribution is 2.21. The fourth-order valence-electron chi connectivity index (χ4n) is 1.04. The molecule has 0 bridgehead atoms. The van der Waals surface area contributed by atoms with E-state index in [2.05, 4.69) is 24.9 Å². The van der Waals surface area contributed by atoms with Crippen LogP contribution in [0, 0.1) is 24.2 Å². The predicted octanol–water partition coefficient (Wildman–Crippen LogP) is 3.01. The first-order chi connectivity index (χ1) is 6.61. The summed E-state index contributed by atoms with van der Waals surface area (Å²) in [4.78, 5) is 5.25. The largest absolute Gasteiger partial charge is 0.242 e. The fraction of sp³-hybridized carbons (Fsp3) is 0.455. The van der Waals surface area contributed by atoms with Crippen LogP contribution < -0.4 is 0 Å². The van der Waals surface area contributed by atoms with Gasteiger partial charge in [0.05, 0.1) is 0 Å². The van der Waals surface area contributed by atoms with E-state index >= 15 is 0 Å². The molecular weight excluding hydrogens is 192 g/mol. The Labute approximate surface area is 89.4 Å². The molecule has 0 amide bonds. The summed E-state index contributed by atoms with van der Waals surface area (Å²) in [6.45, 7) is 6.29. The van der Waals surface area contributed by atoms with Gasteiger partial charge in [0.15, 0.2) is 0 Å². The van der Waals surface area contributed by atoms with E-state index in [9.17, 15) is 0 Å². The highest BCUT2D eigenvalue weighted by atomic mass is 32.2. The van der Waals surface area contributed by atoms with E-state index in [-0.39, 0.29) is 0 Å². The molecule has 2 nitrogen and oxygen atoms in total. The zero-order chi connectivity index (χ0) is 10.6. The number of hydrogen-bond donors (Lipinski definition) is 0. The standard InChI is InChI=1S/C11H14N2S/c1-8(2)7-14-11-4-9(3)13-10(5-11)6-12/h4-5,8H,7H2,1-3H3. The lowest BCUT2D eigenvalue weighted by molar-refractivity contribution is 0.750. The Hall–Kier alpha value is -1.01. The van der Waals surface area contributed by atoms with Crippen LogP contribution in [-0.2, 0) is 0 Å². The molecule has 0 aliphatic heterocycles. The van der Waals surface area contributed by atoms with Gasteiger partial charge in [-0.3, -0.25) is 0 Å². The van der Waals surface area contributed by atoms with Gasteiger partial charge in [-0.25, -0.2) is 4.98 Å². The molecule has 0 unspecified atom stereocenters. The third kappa shape index (κ3) is 3.39. The van der Waals surface area contributed by atoms with Crippen molar-refractivity contribution in [1.82, 2.24) is 4.98 Å². The number of pyridine rings is 1. The van der Waals surface area contributed by atoms with Crippen LogP contribution >= 0.6 is 11.8 Å². The Morgan fingerprint density at radius 3 is 2.79 bits per heavy atom. The maximum Gasteiger partial charge on any atom is 0.141 e. The van der Waals surface area contributed by atoms with Gasteiger partial charge in [-0.1, -0.05) is 13.8 Å². The van der Waals surface area contributed by atoms with Crippen LogP contribution in [0.2, 0.25) is 0 Å². The average molecular weight is 206 g/mol. The van der Waals surface area contributed by atoms with Gasteiger partial charge in [0.1, 0.15) is 11.8 Å². The first kappa shape index (κ1) is 11.1. The molecule has 0 aliphatic rings. The summed E-state index contributed by atoms with van der Waals surface area (Å²) in [6.07, 6.45) is 0. The Bertz CT molecular complexity index is 353. The molecular formula is C11H14N2S. The zero-order valence-electron chi connectivity index (χ0n) is 8.74. The van der Waals surface area contributed by atoms with E-state index in [4.69, 9.17) is 5.26 Å². The number of aryl methyl sites for hydroxylation is 1. The van der Waals surface area contributed by atoms with E-state index in [1.807, 2.05) is 19.1 Å². The van der Waals surface area contributed by atoms with Crippen molar-refractivity contribution in [2.24, 2.45) is 5.92 Å². The van der Waals surface area contributed by atoms with Crippen molar-refractivity contribution in [1.29, 1.82) is 5.26 Å². The summed E-state index contributed by atoms with van der Waals surface area (Å²) in [5.74, 6) is 1.74. The SMILES string of the molecule is Cc1cc(SCC(C)C)cc(C#N)n1. The van der Waals surface area contributed by atoms with Crippen LogP contribution in [0.4, 0.5) is 0 Å². The van der Waals surface area contributed by atoms with E-state index in [1.165, 1.54) is 0 Å². The summed E-state index contributed by atoms with van der Waals surface area (Å²) in [6, 6.07) is 5.94. The molecule has 1 aromatic rings. The molecule has 0 saturated carbocycles. The Balaban J connectivity index is 2.78. The molecule has 0 saturated heterocycles. The minimum absolute atomic E-state index is 0.510. The molecule has 0 aliphatic carbocycles. The third-order valence-corrected chi connectivity index (χ3v) is 3.03. The lowest BCUT2D eigenvalue weighted by Crippen LogP contribution is -1.92. The summed E-state index contributed by atoms with van der Waals surface area (Å²) >= 11 is 1.78. The lowest BCUT2D eigenvalue weighted by Gasteiger charge is -2.05. The molecule has 0 spiro atoms. The Morgan fingerprint density at radius 1 is 1.50 bits per heavy atom. The molecule has 0 N–H and O–H groups in total. The van der Waals surface area contributed by atoms with Gasteiger partial charge in [-0.05, 0) is 25.0 Å². The van der Waals surface area contributed by atoms with Crippen molar-refractivity contribution in [3.05, 3.63) is 23.5 Å². The van der Waals surface area contributed by atoms with E-state index in [1.54, 1.807) is 11.8 Å². The number of nitriles is 1. The molecule has 0 radical (unpaired) electrons. The van der Waals surface area contributed by atoms with Gasteiger partial charge < -0.3 is 0 Å². The quantitative estimate of drug-likeness (QED) is 0.713. The topological polar surface area (TPSA) is 36.7 Å². The maximum atomic E-state index is 8.74. The van der Waals surface area contributed by atoms with E-state index < -0.39 is 0 Å². The van der Waals surface area contributed by atoms with Crippen LogP contribution in [0.1, 0.15) is 25.2 Å².